The van der Waals surface area contributed by atoms with Crippen LogP contribution in [0.3, 0.4) is 0 Å². The fourth-order valence-electron chi connectivity index (χ4n) is 4.21. The van der Waals surface area contributed by atoms with Crippen LogP contribution >= 0.6 is 0 Å². The number of aldehydes is 1. The molecule has 0 atom stereocenters. The van der Waals surface area contributed by atoms with Crippen LogP contribution in [0.5, 0.6) is 0 Å². The first-order valence-corrected chi connectivity index (χ1v) is 13.8. The molecule has 1 aromatic rings. The number of unbranched alkanes of at least 4 members (excludes halogenated alkanes) is 16. The van der Waals surface area contributed by atoms with E-state index in [1.165, 1.54) is 121 Å². The number of aromatic amines is 1. The maximum absolute atomic E-state index is 10.7. The largest absolute Gasteiger partial charge is 0.356 e. The first-order chi connectivity index (χ1) is 15.9. The lowest BCUT2D eigenvalue weighted by Crippen LogP contribution is -1.88. The zero-order chi connectivity index (χ0) is 23.0. The molecule has 0 saturated carbocycles. The number of carbonyl (C=O) groups is 1. The molecule has 2 nitrogen and oxygen atoms in total. The Morgan fingerprint density at radius 3 is 1.62 bits per heavy atom. The summed E-state index contributed by atoms with van der Waals surface area (Å²) in [5, 5.41) is 0. The van der Waals surface area contributed by atoms with E-state index in [-0.39, 0.29) is 0 Å². The SMILES string of the molecule is CCCCC/C=C\C/C=C\CCCCCCCCCCCCCCCc1ccc(C=O)[nH]1. The predicted octanol–water partition coefficient (Wildman–Crippen LogP) is 9.91. The van der Waals surface area contributed by atoms with Crippen LogP contribution in [-0.4, -0.2) is 11.3 Å². The summed E-state index contributed by atoms with van der Waals surface area (Å²) in [6, 6.07) is 3.91. The molecule has 0 radical (unpaired) electrons. The van der Waals surface area contributed by atoms with Crippen molar-refractivity contribution in [2.24, 2.45) is 0 Å². The maximum Gasteiger partial charge on any atom is 0.166 e. The number of H-pyrrole nitrogens is 1. The fraction of sp³-hybridized carbons (Fsp3) is 0.700. The van der Waals surface area contributed by atoms with Gasteiger partial charge in [0.25, 0.3) is 0 Å². The highest BCUT2D eigenvalue weighted by Gasteiger charge is 1.98. The van der Waals surface area contributed by atoms with Crippen LogP contribution in [-0.2, 0) is 6.42 Å². The summed E-state index contributed by atoms with van der Waals surface area (Å²) in [6.45, 7) is 2.26. The third kappa shape index (κ3) is 18.0. The third-order valence-corrected chi connectivity index (χ3v) is 6.29. The number of aromatic nitrogens is 1. The Bertz CT molecular complexity index is 583. The molecular weight excluding hydrogens is 390 g/mol. The molecule has 0 fully saturated rings. The van der Waals surface area contributed by atoms with Gasteiger partial charge >= 0.3 is 0 Å². The molecule has 32 heavy (non-hydrogen) atoms. The lowest BCUT2D eigenvalue weighted by molar-refractivity contribution is 0.111. The highest BCUT2D eigenvalue weighted by molar-refractivity contribution is 5.71. The van der Waals surface area contributed by atoms with Gasteiger partial charge in [-0.2, -0.15) is 0 Å². The van der Waals surface area contributed by atoms with E-state index in [0.29, 0.717) is 5.69 Å². The van der Waals surface area contributed by atoms with Gasteiger partial charge in [-0.05, 0) is 57.1 Å². The van der Waals surface area contributed by atoms with Gasteiger partial charge in [0.1, 0.15) is 0 Å². The Labute approximate surface area is 199 Å². The van der Waals surface area contributed by atoms with Crippen molar-refractivity contribution in [2.45, 2.75) is 135 Å². The van der Waals surface area contributed by atoms with Gasteiger partial charge in [-0.25, -0.2) is 0 Å². The van der Waals surface area contributed by atoms with Crippen molar-refractivity contribution >= 4 is 6.29 Å². The fourth-order valence-corrected chi connectivity index (χ4v) is 4.21. The first kappa shape index (κ1) is 28.5. The minimum atomic E-state index is 0.698. The van der Waals surface area contributed by atoms with E-state index in [2.05, 4.69) is 36.2 Å². The summed E-state index contributed by atoms with van der Waals surface area (Å²) < 4.78 is 0. The standard InChI is InChI=1S/C30H51NO/c1-2-3-4-5-6-7-8-9-10-11-12-13-14-15-16-17-18-19-20-21-22-23-24-25-29-26-27-30(28-32)31-29/h6-7,9-10,26-28,31H,2-5,8,11-25H2,1H3/b7-6-,10-9-. The van der Waals surface area contributed by atoms with E-state index in [9.17, 15) is 4.79 Å². The van der Waals surface area contributed by atoms with E-state index in [0.717, 1.165) is 19.1 Å². The topological polar surface area (TPSA) is 32.9 Å². The average molecular weight is 442 g/mol. The Hall–Kier alpha value is -1.57. The van der Waals surface area contributed by atoms with Gasteiger partial charge in [0.05, 0.1) is 5.69 Å². The number of aryl methyl sites for hydroxylation is 1. The molecule has 182 valence electrons. The first-order valence-electron chi connectivity index (χ1n) is 13.8. The van der Waals surface area contributed by atoms with E-state index in [1.54, 1.807) is 0 Å². The van der Waals surface area contributed by atoms with Gasteiger partial charge in [0.15, 0.2) is 6.29 Å². The van der Waals surface area contributed by atoms with E-state index in [1.807, 2.05) is 12.1 Å². The molecule has 0 spiro atoms. The monoisotopic (exact) mass is 441 g/mol. The molecule has 0 bridgehead atoms. The van der Waals surface area contributed by atoms with Crippen LogP contribution in [0.25, 0.3) is 0 Å². The Morgan fingerprint density at radius 2 is 1.12 bits per heavy atom. The smallest absolute Gasteiger partial charge is 0.166 e. The van der Waals surface area contributed by atoms with Crippen LogP contribution in [0.1, 0.15) is 145 Å². The van der Waals surface area contributed by atoms with Crippen molar-refractivity contribution < 1.29 is 4.79 Å². The summed E-state index contributed by atoms with van der Waals surface area (Å²) in [6.07, 6.45) is 36.9. The Morgan fingerprint density at radius 1 is 0.625 bits per heavy atom. The quantitative estimate of drug-likeness (QED) is 0.102. The Balaban J connectivity index is 1.73. The molecule has 0 aromatic carbocycles. The number of hydrogen-bond donors (Lipinski definition) is 1. The van der Waals surface area contributed by atoms with Crippen molar-refractivity contribution in [2.75, 3.05) is 0 Å². The molecule has 2 heteroatoms. The van der Waals surface area contributed by atoms with Crippen molar-refractivity contribution in [3.8, 4) is 0 Å². The number of carbonyl (C=O) groups excluding carboxylic acids is 1. The van der Waals surface area contributed by atoms with Gasteiger partial charge in [-0.15, -0.1) is 0 Å². The zero-order valence-electron chi connectivity index (χ0n) is 21.1. The number of nitrogens with one attached hydrogen (secondary N) is 1. The summed E-state index contributed by atoms with van der Waals surface area (Å²) in [4.78, 5) is 13.8. The van der Waals surface area contributed by atoms with Crippen molar-refractivity contribution in [3.05, 3.63) is 47.8 Å². The van der Waals surface area contributed by atoms with Crippen molar-refractivity contribution in [1.82, 2.24) is 4.98 Å². The molecular formula is C30H51NO. The van der Waals surface area contributed by atoms with Crippen LogP contribution < -0.4 is 0 Å². The second-order valence-corrected chi connectivity index (χ2v) is 9.37. The second kappa shape index (κ2) is 22.6. The summed E-state index contributed by atoms with van der Waals surface area (Å²) in [5.41, 5.74) is 1.90. The molecule has 1 rings (SSSR count). The molecule has 1 aromatic heterocycles. The predicted molar refractivity (Wildman–Crippen MR) is 142 cm³/mol. The van der Waals surface area contributed by atoms with E-state index >= 15 is 0 Å². The van der Waals surface area contributed by atoms with Gasteiger partial charge in [-0.3, -0.25) is 4.79 Å². The minimum absolute atomic E-state index is 0.698. The number of rotatable bonds is 23. The number of allylic oxidation sites excluding steroid dienone is 4. The van der Waals surface area contributed by atoms with Gasteiger partial charge in [-0.1, -0.05) is 115 Å². The molecule has 0 saturated heterocycles. The van der Waals surface area contributed by atoms with E-state index < -0.39 is 0 Å². The minimum Gasteiger partial charge on any atom is -0.356 e. The summed E-state index contributed by atoms with van der Waals surface area (Å²) in [7, 11) is 0. The Kier molecular flexibility index (Phi) is 20.1. The third-order valence-electron chi connectivity index (χ3n) is 6.29. The van der Waals surface area contributed by atoms with Crippen molar-refractivity contribution in [3.63, 3.8) is 0 Å². The number of hydrogen-bond acceptors (Lipinski definition) is 1. The normalized spacial score (nSPS) is 11.8. The van der Waals surface area contributed by atoms with Crippen molar-refractivity contribution in [1.29, 1.82) is 0 Å². The summed E-state index contributed by atoms with van der Waals surface area (Å²) in [5.74, 6) is 0. The second-order valence-electron chi connectivity index (χ2n) is 9.37. The highest BCUT2D eigenvalue weighted by Crippen LogP contribution is 2.14. The molecule has 0 aliphatic carbocycles. The van der Waals surface area contributed by atoms with Crippen LogP contribution in [0, 0.1) is 0 Å². The van der Waals surface area contributed by atoms with E-state index in [4.69, 9.17) is 0 Å². The highest BCUT2D eigenvalue weighted by atomic mass is 16.1. The van der Waals surface area contributed by atoms with Gasteiger partial charge < -0.3 is 4.98 Å². The molecule has 0 unspecified atom stereocenters. The van der Waals surface area contributed by atoms with Gasteiger partial charge in [0, 0.05) is 5.69 Å². The lowest BCUT2D eigenvalue weighted by atomic mass is 10.0. The molecule has 0 aliphatic rings. The maximum atomic E-state index is 10.7. The van der Waals surface area contributed by atoms with Crippen LogP contribution in [0.2, 0.25) is 0 Å². The lowest BCUT2D eigenvalue weighted by Gasteiger charge is -2.03. The average Bonchev–Trinajstić information content (AvgIpc) is 3.27. The van der Waals surface area contributed by atoms with Gasteiger partial charge in [0.2, 0.25) is 0 Å². The molecule has 0 aliphatic heterocycles. The van der Waals surface area contributed by atoms with Crippen LogP contribution in [0.4, 0.5) is 0 Å². The summed E-state index contributed by atoms with van der Waals surface area (Å²) >= 11 is 0. The molecule has 1 heterocycles. The molecule has 1 N–H and O–H groups in total. The van der Waals surface area contributed by atoms with Crippen LogP contribution in [0.15, 0.2) is 36.4 Å². The zero-order valence-corrected chi connectivity index (χ0v) is 21.1. The molecule has 0 amide bonds.